The molecule has 2 heterocycles. The molecule has 0 fully saturated rings. The van der Waals surface area contributed by atoms with Crippen molar-refractivity contribution in [2.45, 2.75) is 16.3 Å². The predicted octanol–water partition coefficient (Wildman–Crippen LogP) is 4.49. The van der Waals surface area contributed by atoms with Crippen molar-refractivity contribution in [1.29, 1.82) is 0 Å². The highest BCUT2D eigenvalue weighted by atomic mass is 35.5. The molecule has 9 heteroatoms. The number of hydrogen-bond acceptors (Lipinski definition) is 5. The molecular formula is C19H14Cl2N4O2S. The van der Waals surface area contributed by atoms with Gasteiger partial charge in [0.15, 0.2) is 5.65 Å². The maximum Gasteiger partial charge on any atom is 0.213 e. The summed E-state index contributed by atoms with van der Waals surface area (Å²) in [5.74, 6) is 0.0150. The lowest BCUT2D eigenvalue weighted by Gasteiger charge is -2.08. The van der Waals surface area contributed by atoms with E-state index in [4.69, 9.17) is 28.9 Å². The summed E-state index contributed by atoms with van der Waals surface area (Å²) in [4.78, 5) is 8.82. The number of hydrogen-bond donors (Lipinski definition) is 1. The second-order valence-electron chi connectivity index (χ2n) is 6.08. The number of nitrogen functional groups attached to an aromatic ring is 1. The predicted molar refractivity (Wildman–Crippen MR) is 112 cm³/mol. The van der Waals surface area contributed by atoms with Crippen LogP contribution in [0.2, 0.25) is 10.0 Å². The summed E-state index contributed by atoms with van der Waals surface area (Å²) in [5, 5.41) is 0.287. The molecule has 0 amide bonds. The van der Waals surface area contributed by atoms with E-state index in [9.17, 15) is 8.42 Å². The molecule has 4 aromatic rings. The van der Waals surface area contributed by atoms with Gasteiger partial charge in [0.2, 0.25) is 9.84 Å². The molecule has 0 bridgehead atoms. The first-order valence-corrected chi connectivity index (χ1v) is 10.4. The third-order valence-electron chi connectivity index (χ3n) is 4.31. The monoisotopic (exact) mass is 432 g/mol. The lowest BCUT2D eigenvalue weighted by molar-refractivity contribution is 0.597. The quantitative estimate of drug-likeness (QED) is 0.479. The van der Waals surface area contributed by atoms with Crippen molar-refractivity contribution in [3.05, 3.63) is 65.2 Å². The van der Waals surface area contributed by atoms with Crippen LogP contribution >= 0.6 is 23.2 Å². The van der Waals surface area contributed by atoms with E-state index in [0.29, 0.717) is 16.7 Å². The standard InChI is InChI=1S/C19H14Cl2N4O2S/c1-2-9-25-18(22)17(28(26,27)15-10-11(20)7-8-12(15)21)16-19(25)24-14-6-4-3-5-13(14)23-16/h2-8,10H,1,9,22H2. The zero-order chi connectivity index (χ0) is 20.1. The van der Waals surface area contributed by atoms with Gasteiger partial charge in [-0.15, -0.1) is 6.58 Å². The number of para-hydroxylation sites is 2. The topological polar surface area (TPSA) is 90.9 Å². The molecule has 0 aliphatic carbocycles. The summed E-state index contributed by atoms with van der Waals surface area (Å²) >= 11 is 12.2. The van der Waals surface area contributed by atoms with Crippen LogP contribution in [-0.2, 0) is 16.4 Å². The highest BCUT2D eigenvalue weighted by molar-refractivity contribution is 7.92. The van der Waals surface area contributed by atoms with Crippen LogP contribution in [0.15, 0.2) is 64.9 Å². The van der Waals surface area contributed by atoms with E-state index in [1.165, 1.54) is 18.2 Å². The van der Waals surface area contributed by atoms with Gasteiger partial charge >= 0.3 is 0 Å². The minimum absolute atomic E-state index is 0.0150. The second-order valence-corrected chi connectivity index (χ2v) is 8.77. The van der Waals surface area contributed by atoms with E-state index in [-0.39, 0.29) is 37.7 Å². The summed E-state index contributed by atoms with van der Waals surface area (Å²) in [6, 6.07) is 11.4. The summed E-state index contributed by atoms with van der Waals surface area (Å²) in [7, 11) is -4.11. The third-order valence-corrected chi connectivity index (χ3v) is 6.84. The van der Waals surface area contributed by atoms with Gasteiger partial charge in [0.1, 0.15) is 16.2 Å². The molecule has 0 saturated heterocycles. The number of benzene rings is 2. The zero-order valence-electron chi connectivity index (χ0n) is 14.4. The van der Waals surface area contributed by atoms with Gasteiger partial charge in [0.25, 0.3) is 0 Å². The number of fused-ring (bicyclic) bond motifs is 2. The fraction of sp³-hybridized carbons (Fsp3) is 0.0526. The van der Waals surface area contributed by atoms with E-state index in [1.54, 1.807) is 28.8 Å². The normalized spacial score (nSPS) is 11.9. The number of nitrogens with zero attached hydrogens (tertiary/aromatic N) is 3. The highest BCUT2D eigenvalue weighted by Crippen LogP contribution is 2.38. The first kappa shape index (κ1) is 18.7. The van der Waals surface area contributed by atoms with Gasteiger partial charge in [-0.25, -0.2) is 18.4 Å². The van der Waals surface area contributed by atoms with Crippen LogP contribution in [-0.4, -0.2) is 23.0 Å². The number of nitrogens with two attached hydrogens (primary N) is 1. The molecular weight excluding hydrogens is 419 g/mol. The van der Waals surface area contributed by atoms with Crippen LogP contribution in [0.25, 0.3) is 22.2 Å². The molecule has 2 aromatic carbocycles. The number of aromatic nitrogens is 3. The number of allylic oxidation sites excluding steroid dienone is 1. The van der Waals surface area contributed by atoms with E-state index < -0.39 is 9.84 Å². The van der Waals surface area contributed by atoms with E-state index >= 15 is 0 Å². The van der Waals surface area contributed by atoms with E-state index in [0.717, 1.165) is 0 Å². The lowest BCUT2D eigenvalue weighted by atomic mass is 10.3. The first-order chi connectivity index (χ1) is 13.3. The minimum atomic E-state index is -4.11. The second kappa shape index (κ2) is 6.77. The molecule has 0 aliphatic heterocycles. The number of halogens is 2. The van der Waals surface area contributed by atoms with Crippen molar-refractivity contribution >= 4 is 61.1 Å². The summed E-state index contributed by atoms with van der Waals surface area (Å²) < 4.78 is 28.5. The molecule has 0 spiro atoms. The Hall–Kier alpha value is -2.61. The Bertz CT molecular complexity index is 1360. The number of rotatable bonds is 4. The third kappa shape index (κ3) is 2.83. The Balaban J connectivity index is 2.14. The Labute approximate surface area is 171 Å². The fourth-order valence-corrected chi connectivity index (χ4v) is 5.32. The maximum atomic E-state index is 13.5. The molecule has 6 nitrogen and oxygen atoms in total. The minimum Gasteiger partial charge on any atom is -0.384 e. The molecule has 0 aliphatic rings. The van der Waals surface area contributed by atoms with Crippen molar-refractivity contribution in [3.8, 4) is 0 Å². The summed E-state index contributed by atoms with van der Waals surface area (Å²) in [6.07, 6.45) is 1.61. The van der Waals surface area contributed by atoms with Crippen molar-refractivity contribution in [3.63, 3.8) is 0 Å². The Kier molecular flexibility index (Phi) is 4.53. The van der Waals surface area contributed by atoms with Crippen LogP contribution in [0.1, 0.15) is 0 Å². The molecule has 4 rings (SSSR count). The average Bonchev–Trinajstić information content (AvgIpc) is 2.93. The van der Waals surface area contributed by atoms with E-state index in [1.807, 2.05) is 6.07 Å². The highest BCUT2D eigenvalue weighted by Gasteiger charge is 2.31. The van der Waals surface area contributed by atoms with Crippen LogP contribution in [0.4, 0.5) is 5.82 Å². The largest absolute Gasteiger partial charge is 0.384 e. The van der Waals surface area contributed by atoms with Crippen LogP contribution < -0.4 is 5.73 Å². The molecule has 0 saturated carbocycles. The van der Waals surface area contributed by atoms with Crippen LogP contribution in [0.3, 0.4) is 0 Å². The van der Waals surface area contributed by atoms with Gasteiger partial charge in [-0.1, -0.05) is 41.4 Å². The number of anilines is 1. The first-order valence-electron chi connectivity index (χ1n) is 8.20. The molecule has 0 atom stereocenters. The van der Waals surface area contributed by atoms with Gasteiger partial charge in [-0.2, -0.15) is 0 Å². The van der Waals surface area contributed by atoms with Gasteiger partial charge in [0.05, 0.1) is 21.0 Å². The van der Waals surface area contributed by atoms with Crippen molar-refractivity contribution < 1.29 is 8.42 Å². The zero-order valence-corrected chi connectivity index (χ0v) is 16.8. The molecule has 0 radical (unpaired) electrons. The van der Waals surface area contributed by atoms with Crippen LogP contribution in [0.5, 0.6) is 0 Å². The maximum absolute atomic E-state index is 13.5. The van der Waals surface area contributed by atoms with Gasteiger partial charge in [-0.3, -0.25) is 0 Å². The molecule has 2 N–H and O–H groups in total. The lowest BCUT2D eigenvalue weighted by Crippen LogP contribution is -2.08. The molecule has 0 unspecified atom stereocenters. The Morgan fingerprint density at radius 3 is 2.46 bits per heavy atom. The van der Waals surface area contributed by atoms with Crippen molar-refractivity contribution in [2.24, 2.45) is 0 Å². The smallest absolute Gasteiger partial charge is 0.213 e. The van der Waals surface area contributed by atoms with Crippen molar-refractivity contribution in [2.75, 3.05) is 5.73 Å². The van der Waals surface area contributed by atoms with E-state index in [2.05, 4.69) is 16.5 Å². The summed E-state index contributed by atoms with van der Waals surface area (Å²) in [5.41, 5.74) is 7.97. The SMILES string of the molecule is C=CCn1c(N)c(S(=O)(=O)c2cc(Cl)ccc2Cl)c2nc3ccccc3nc21. The van der Waals surface area contributed by atoms with Gasteiger partial charge in [0, 0.05) is 11.6 Å². The van der Waals surface area contributed by atoms with Gasteiger partial charge in [-0.05, 0) is 30.3 Å². The summed E-state index contributed by atoms with van der Waals surface area (Å²) in [6.45, 7) is 3.98. The average molecular weight is 433 g/mol. The number of sulfone groups is 1. The Morgan fingerprint density at radius 2 is 1.79 bits per heavy atom. The Morgan fingerprint density at radius 1 is 1.11 bits per heavy atom. The van der Waals surface area contributed by atoms with Gasteiger partial charge < -0.3 is 10.3 Å². The molecule has 2 aromatic heterocycles. The molecule has 28 heavy (non-hydrogen) atoms. The van der Waals surface area contributed by atoms with Crippen molar-refractivity contribution in [1.82, 2.24) is 14.5 Å². The van der Waals surface area contributed by atoms with Crippen LogP contribution in [0, 0.1) is 0 Å². The molecule has 142 valence electrons. The fourth-order valence-electron chi connectivity index (χ4n) is 3.06.